The number of ether oxygens (including phenoxy) is 2. The van der Waals surface area contributed by atoms with Gasteiger partial charge in [0.2, 0.25) is 0 Å². The monoisotopic (exact) mass is 406 g/mol. The van der Waals surface area contributed by atoms with Gasteiger partial charge in [0, 0.05) is 0 Å². The van der Waals surface area contributed by atoms with E-state index in [1.165, 1.54) is 30.4 Å². The molecule has 0 aromatic heterocycles. The Hall–Kier alpha value is -2.97. The van der Waals surface area contributed by atoms with Crippen LogP contribution >= 0.6 is 7.92 Å². The average Bonchev–Trinajstić information content (AvgIpc) is 2.79. The molecule has 3 aromatic carbocycles. The number of benzene rings is 3. The molecule has 0 N–H and O–H groups in total. The van der Waals surface area contributed by atoms with Crippen molar-refractivity contribution >= 4 is 30.5 Å². The first-order valence-electron chi connectivity index (χ1n) is 9.30. The zero-order chi connectivity index (χ0) is 20.6. The molecule has 0 aliphatic carbocycles. The van der Waals surface area contributed by atoms with Crippen LogP contribution < -0.4 is 10.6 Å². The van der Waals surface area contributed by atoms with E-state index in [1.54, 1.807) is 0 Å². The van der Waals surface area contributed by atoms with Crippen LogP contribution in [0.25, 0.3) is 0 Å². The Morgan fingerprint density at radius 1 is 0.690 bits per heavy atom. The second-order valence-corrected chi connectivity index (χ2v) is 8.80. The summed E-state index contributed by atoms with van der Waals surface area (Å²) >= 11 is 0. The first kappa shape index (κ1) is 20.8. The molecule has 0 amide bonds. The van der Waals surface area contributed by atoms with Crippen LogP contribution in [0, 0.1) is 0 Å². The Kier molecular flexibility index (Phi) is 7.15. The van der Waals surface area contributed by atoms with Crippen LogP contribution in [0.15, 0.2) is 78.9 Å². The van der Waals surface area contributed by atoms with Gasteiger partial charge in [-0.3, -0.25) is 0 Å². The van der Waals surface area contributed by atoms with Crippen molar-refractivity contribution in [3.05, 3.63) is 95.6 Å². The molecule has 0 fully saturated rings. The summed E-state index contributed by atoms with van der Waals surface area (Å²) in [5, 5.41) is 2.35. The van der Waals surface area contributed by atoms with Crippen LogP contribution in [0.2, 0.25) is 0 Å². The van der Waals surface area contributed by atoms with Gasteiger partial charge in [0.25, 0.3) is 0 Å². The predicted molar refractivity (Wildman–Crippen MR) is 117 cm³/mol. The molecule has 3 rings (SSSR count). The van der Waals surface area contributed by atoms with E-state index in [1.807, 2.05) is 66.7 Å². The van der Waals surface area contributed by atoms with E-state index in [0.29, 0.717) is 11.1 Å². The van der Waals surface area contributed by atoms with Crippen molar-refractivity contribution in [3.8, 4) is 0 Å². The second-order valence-electron chi connectivity index (χ2n) is 6.46. The molecule has 0 spiro atoms. The first-order valence-corrected chi connectivity index (χ1v) is 10.8. The van der Waals surface area contributed by atoms with E-state index < -0.39 is 7.92 Å². The standard InChI is InChI=1S/C24H23O4P/c1-27-23(25)19-8-12-21(13-9-19)29(17-16-18-6-4-3-5-7-18)22-14-10-20(11-15-22)24(26)28-2/h3-15H,16-17H2,1-2H3. The smallest absolute Gasteiger partial charge is 0.337 e. The number of carbonyl (C=O) groups excluding carboxylic acids is 2. The molecule has 0 atom stereocenters. The van der Waals surface area contributed by atoms with E-state index in [9.17, 15) is 9.59 Å². The number of rotatable bonds is 7. The Balaban J connectivity index is 1.88. The van der Waals surface area contributed by atoms with Gasteiger partial charge < -0.3 is 9.47 Å². The van der Waals surface area contributed by atoms with Crippen molar-refractivity contribution < 1.29 is 19.1 Å². The largest absolute Gasteiger partial charge is 0.465 e. The van der Waals surface area contributed by atoms with Crippen molar-refractivity contribution in [1.29, 1.82) is 0 Å². The predicted octanol–water partition coefficient (Wildman–Crippen LogP) is 3.94. The summed E-state index contributed by atoms with van der Waals surface area (Å²) in [6.45, 7) is 0. The van der Waals surface area contributed by atoms with Gasteiger partial charge in [-0.05, 0) is 60.9 Å². The highest BCUT2D eigenvalue weighted by molar-refractivity contribution is 7.73. The van der Waals surface area contributed by atoms with Crippen LogP contribution in [-0.2, 0) is 15.9 Å². The Morgan fingerprint density at radius 3 is 1.55 bits per heavy atom. The summed E-state index contributed by atoms with van der Waals surface area (Å²) in [6, 6.07) is 25.6. The summed E-state index contributed by atoms with van der Waals surface area (Å²) in [4.78, 5) is 23.5. The summed E-state index contributed by atoms with van der Waals surface area (Å²) in [5.41, 5.74) is 2.36. The zero-order valence-corrected chi connectivity index (χ0v) is 17.4. The maximum Gasteiger partial charge on any atom is 0.337 e. The van der Waals surface area contributed by atoms with E-state index in [4.69, 9.17) is 9.47 Å². The molecular formula is C24H23O4P. The van der Waals surface area contributed by atoms with Crippen LogP contribution in [-0.4, -0.2) is 32.3 Å². The lowest BCUT2D eigenvalue weighted by Crippen LogP contribution is -2.16. The Bertz CT molecular complexity index is 891. The molecular weight excluding hydrogens is 383 g/mol. The van der Waals surface area contributed by atoms with E-state index >= 15 is 0 Å². The van der Waals surface area contributed by atoms with Crippen molar-refractivity contribution in [2.45, 2.75) is 6.42 Å². The third-order valence-corrected chi connectivity index (χ3v) is 7.18. The number of hydrogen-bond donors (Lipinski definition) is 0. The van der Waals surface area contributed by atoms with Gasteiger partial charge in [-0.2, -0.15) is 0 Å². The Morgan fingerprint density at radius 2 is 1.14 bits per heavy atom. The molecule has 0 aliphatic rings. The fourth-order valence-corrected chi connectivity index (χ4v) is 5.40. The van der Waals surface area contributed by atoms with Crippen LogP contribution in [0.5, 0.6) is 0 Å². The van der Waals surface area contributed by atoms with Gasteiger partial charge in [-0.1, -0.05) is 54.6 Å². The van der Waals surface area contributed by atoms with Gasteiger partial charge in [-0.15, -0.1) is 0 Å². The van der Waals surface area contributed by atoms with Gasteiger partial charge >= 0.3 is 11.9 Å². The Labute approximate surface area is 172 Å². The molecule has 148 valence electrons. The molecule has 29 heavy (non-hydrogen) atoms. The first-order chi connectivity index (χ1) is 14.1. The van der Waals surface area contributed by atoms with Crippen molar-refractivity contribution in [2.24, 2.45) is 0 Å². The van der Waals surface area contributed by atoms with E-state index in [-0.39, 0.29) is 11.9 Å². The minimum atomic E-state index is -0.651. The fraction of sp³-hybridized carbons (Fsp3) is 0.167. The highest BCUT2D eigenvalue weighted by atomic mass is 31.1. The summed E-state index contributed by atoms with van der Waals surface area (Å²) in [7, 11) is 2.11. The fourth-order valence-electron chi connectivity index (χ4n) is 3.08. The van der Waals surface area contributed by atoms with Crippen LogP contribution in [0.4, 0.5) is 0 Å². The highest BCUT2D eigenvalue weighted by Crippen LogP contribution is 2.34. The van der Waals surface area contributed by atoms with Gasteiger partial charge in [-0.25, -0.2) is 9.59 Å². The van der Waals surface area contributed by atoms with Gasteiger partial charge in [0.15, 0.2) is 0 Å². The summed E-state index contributed by atoms with van der Waals surface area (Å²) < 4.78 is 9.59. The zero-order valence-electron chi connectivity index (χ0n) is 16.5. The normalized spacial score (nSPS) is 10.6. The lowest BCUT2D eigenvalue weighted by molar-refractivity contribution is 0.0592. The maximum absolute atomic E-state index is 11.7. The number of hydrogen-bond acceptors (Lipinski definition) is 4. The van der Waals surface area contributed by atoms with Crippen LogP contribution in [0.3, 0.4) is 0 Å². The minimum absolute atomic E-state index is 0.340. The maximum atomic E-state index is 11.7. The molecule has 4 nitrogen and oxygen atoms in total. The second kappa shape index (κ2) is 9.99. The minimum Gasteiger partial charge on any atom is -0.465 e. The van der Waals surface area contributed by atoms with E-state index in [2.05, 4.69) is 12.1 Å². The van der Waals surface area contributed by atoms with Crippen molar-refractivity contribution in [1.82, 2.24) is 0 Å². The van der Waals surface area contributed by atoms with Crippen molar-refractivity contribution in [3.63, 3.8) is 0 Å². The van der Waals surface area contributed by atoms with Gasteiger partial charge in [0.1, 0.15) is 0 Å². The lowest BCUT2D eigenvalue weighted by Gasteiger charge is -2.19. The molecule has 3 aromatic rings. The molecule has 5 heteroatoms. The molecule has 0 aliphatic heterocycles. The summed E-state index contributed by atoms with van der Waals surface area (Å²) in [6.07, 6.45) is 1.92. The topological polar surface area (TPSA) is 52.6 Å². The highest BCUT2D eigenvalue weighted by Gasteiger charge is 2.16. The molecule has 0 saturated carbocycles. The number of esters is 2. The molecule has 0 saturated heterocycles. The third kappa shape index (κ3) is 5.30. The third-order valence-electron chi connectivity index (χ3n) is 4.67. The quantitative estimate of drug-likeness (QED) is 0.441. The number of aryl methyl sites for hydroxylation is 1. The van der Waals surface area contributed by atoms with E-state index in [0.717, 1.165) is 12.6 Å². The molecule has 0 unspecified atom stereocenters. The lowest BCUT2D eigenvalue weighted by atomic mass is 10.2. The molecule has 0 bridgehead atoms. The molecule has 0 heterocycles. The number of carbonyl (C=O) groups is 2. The van der Waals surface area contributed by atoms with Gasteiger partial charge in [0.05, 0.1) is 25.3 Å². The van der Waals surface area contributed by atoms with Crippen LogP contribution in [0.1, 0.15) is 26.3 Å². The average molecular weight is 406 g/mol. The summed E-state index contributed by atoms with van der Waals surface area (Å²) in [5.74, 6) is -0.680. The van der Waals surface area contributed by atoms with Crippen molar-refractivity contribution in [2.75, 3.05) is 20.4 Å². The SMILES string of the molecule is COC(=O)c1ccc(P(CCc2ccccc2)c2ccc(C(=O)OC)cc2)cc1. The number of methoxy groups -OCH3 is 2. The molecule has 0 radical (unpaired) electrons.